The second-order valence-electron chi connectivity index (χ2n) is 4.00. The maximum atomic E-state index is 11.8. The van der Waals surface area contributed by atoms with Crippen molar-refractivity contribution in [3.05, 3.63) is 29.3 Å². The third-order valence-electron chi connectivity index (χ3n) is 2.60. The normalized spacial score (nSPS) is 18.1. The van der Waals surface area contributed by atoms with Gasteiger partial charge in [-0.3, -0.25) is 0 Å². The molecular formula is C13H16O5. The maximum Gasteiger partial charge on any atom is 0.342 e. The van der Waals surface area contributed by atoms with Crippen LogP contribution in [0.25, 0.3) is 0 Å². The zero-order valence-electron chi connectivity index (χ0n) is 10.5. The summed E-state index contributed by atoms with van der Waals surface area (Å²) in [4.78, 5) is 21.3. The van der Waals surface area contributed by atoms with E-state index < -0.39 is 0 Å². The van der Waals surface area contributed by atoms with E-state index in [0.29, 0.717) is 24.3 Å². The molecule has 1 aliphatic rings. The van der Waals surface area contributed by atoms with Crippen molar-refractivity contribution in [1.82, 2.24) is 0 Å². The molecular weight excluding hydrogens is 236 g/mol. The molecule has 1 aromatic carbocycles. The predicted molar refractivity (Wildman–Crippen MR) is 63.2 cm³/mol. The second kappa shape index (κ2) is 5.84. The van der Waals surface area contributed by atoms with E-state index in [1.165, 1.54) is 0 Å². The summed E-state index contributed by atoms with van der Waals surface area (Å²) >= 11 is 0. The average Bonchev–Trinajstić information content (AvgIpc) is 2.34. The van der Waals surface area contributed by atoms with E-state index in [1.54, 1.807) is 6.07 Å². The van der Waals surface area contributed by atoms with Crippen molar-refractivity contribution in [2.24, 2.45) is 0 Å². The number of ether oxygens (including phenoxy) is 2. The molecule has 1 unspecified atom stereocenters. The van der Waals surface area contributed by atoms with Gasteiger partial charge < -0.3 is 9.47 Å². The number of fused-ring (bicyclic) bond motifs is 1. The fraction of sp³-hybridized carbons (Fsp3) is 0.462. The van der Waals surface area contributed by atoms with Gasteiger partial charge in [0.15, 0.2) is 0 Å². The molecule has 0 radical (unpaired) electrons. The molecule has 0 N–H and O–H groups in total. The molecule has 0 aliphatic carbocycles. The van der Waals surface area contributed by atoms with Gasteiger partial charge in [-0.25, -0.2) is 9.68 Å². The van der Waals surface area contributed by atoms with E-state index in [4.69, 9.17) is 19.2 Å². The van der Waals surface area contributed by atoms with Crippen molar-refractivity contribution in [2.45, 2.75) is 26.4 Å². The smallest absolute Gasteiger partial charge is 0.342 e. The molecule has 1 atom stereocenters. The summed E-state index contributed by atoms with van der Waals surface area (Å²) < 4.78 is 10.6. The molecule has 1 aliphatic heterocycles. The Labute approximate surface area is 106 Å². The first-order valence-corrected chi connectivity index (χ1v) is 5.92. The van der Waals surface area contributed by atoms with Crippen LogP contribution in [0.15, 0.2) is 18.2 Å². The number of esters is 1. The lowest BCUT2D eigenvalue weighted by atomic mass is 9.98. The summed E-state index contributed by atoms with van der Waals surface area (Å²) in [7, 11) is 0. The number of carbonyl (C=O) groups is 1. The molecule has 2 rings (SSSR count). The molecule has 0 amide bonds. The van der Waals surface area contributed by atoms with Gasteiger partial charge in [-0.2, -0.15) is 4.89 Å². The zero-order valence-corrected chi connectivity index (χ0v) is 10.5. The van der Waals surface area contributed by atoms with Gasteiger partial charge in [0.25, 0.3) is 0 Å². The summed E-state index contributed by atoms with van der Waals surface area (Å²) in [6.07, 6.45) is 0.602. The van der Waals surface area contributed by atoms with Crippen LogP contribution in [-0.2, 0) is 20.9 Å². The number of hydrogen-bond donors (Lipinski definition) is 0. The first-order valence-electron chi connectivity index (χ1n) is 5.92. The third kappa shape index (κ3) is 2.80. The molecule has 0 aromatic heterocycles. The highest BCUT2D eigenvalue weighted by molar-refractivity contribution is 5.95. The van der Waals surface area contributed by atoms with Gasteiger partial charge in [0.05, 0.1) is 6.61 Å². The van der Waals surface area contributed by atoms with Crippen molar-refractivity contribution >= 4 is 5.97 Å². The van der Waals surface area contributed by atoms with Crippen LogP contribution in [0.5, 0.6) is 5.75 Å². The summed E-state index contributed by atoms with van der Waals surface area (Å²) in [5.41, 5.74) is 1.42. The Bertz CT molecular complexity index is 429. The first-order chi connectivity index (χ1) is 8.72. The number of benzene rings is 1. The van der Waals surface area contributed by atoms with Crippen LogP contribution in [0, 0.1) is 0 Å². The van der Waals surface area contributed by atoms with Crippen LogP contribution in [-0.4, -0.2) is 25.5 Å². The van der Waals surface area contributed by atoms with E-state index in [-0.39, 0.29) is 18.9 Å². The number of hydrogen-bond acceptors (Lipinski definition) is 5. The fourth-order valence-electron chi connectivity index (χ4n) is 1.90. The predicted octanol–water partition coefficient (Wildman–Crippen LogP) is 2.09. The quantitative estimate of drug-likeness (QED) is 0.264. The lowest BCUT2D eigenvalue weighted by Gasteiger charge is -2.23. The van der Waals surface area contributed by atoms with Gasteiger partial charge in [0.1, 0.15) is 17.4 Å². The molecule has 0 spiro atoms. The van der Waals surface area contributed by atoms with Crippen LogP contribution in [0.1, 0.15) is 29.8 Å². The minimum atomic E-state index is -0.351. The molecule has 18 heavy (non-hydrogen) atoms. The van der Waals surface area contributed by atoms with Gasteiger partial charge in [-0.1, -0.05) is 12.1 Å². The summed E-state index contributed by atoms with van der Waals surface area (Å²) in [6.45, 7) is 4.05. The Morgan fingerprint density at radius 1 is 1.39 bits per heavy atom. The van der Waals surface area contributed by atoms with E-state index >= 15 is 0 Å². The Morgan fingerprint density at radius 3 is 3.00 bits per heavy atom. The van der Waals surface area contributed by atoms with Gasteiger partial charge in [0, 0.05) is 6.42 Å². The molecule has 0 saturated carbocycles. The van der Waals surface area contributed by atoms with E-state index in [0.717, 1.165) is 5.56 Å². The third-order valence-corrected chi connectivity index (χ3v) is 2.60. The number of carbonyl (C=O) groups excluding carboxylic acids is 1. The van der Waals surface area contributed by atoms with Crippen LogP contribution in [0.4, 0.5) is 0 Å². The highest BCUT2D eigenvalue weighted by atomic mass is 17.2. The summed E-state index contributed by atoms with van der Waals surface area (Å²) in [5.74, 6) is 0.111. The van der Waals surface area contributed by atoms with Gasteiger partial charge in [0.2, 0.25) is 6.79 Å². The van der Waals surface area contributed by atoms with Crippen molar-refractivity contribution in [3.8, 4) is 5.75 Å². The minimum Gasteiger partial charge on any atom is -0.464 e. The minimum absolute atomic E-state index is 0.0624. The summed E-state index contributed by atoms with van der Waals surface area (Å²) in [6, 6.07) is 5.47. The SMILES string of the molecule is CCOOCOc1cccc2c1C(=O)OC(C)C2. The van der Waals surface area contributed by atoms with Gasteiger partial charge >= 0.3 is 5.97 Å². The maximum absolute atomic E-state index is 11.8. The topological polar surface area (TPSA) is 54.0 Å². The van der Waals surface area contributed by atoms with Crippen molar-refractivity contribution in [2.75, 3.05) is 13.4 Å². The Balaban J connectivity index is 2.12. The zero-order chi connectivity index (χ0) is 13.0. The van der Waals surface area contributed by atoms with E-state index in [2.05, 4.69) is 0 Å². The largest absolute Gasteiger partial charge is 0.464 e. The molecule has 1 aromatic rings. The van der Waals surface area contributed by atoms with Crippen LogP contribution in [0.3, 0.4) is 0 Å². The molecule has 5 heteroatoms. The van der Waals surface area contributed by atoms with E-state index in [9.17, 15) is 4.79 Å². The fourth-order valence-corrected chi connectivity index (χ4v) is 1.90. The standard InChI is InChI=1S/C13H16O5/c1-3-16-17-8-15-11-6-4-5-10-7-9(2)18-13(14)12(10)11/h4-6,9H,3,7-8H2,1-2H3. The molecule has 98 valence electrons. The van der Waals surface area contributed by atoms with Gasteiger partial charge in [-0.15, -0.1) is 0 Å². The number of rotatable bonds is 5. The Hall–Kier alpha value is -1.59. The highest BCUT2D eigenvalue weighted by Crippen LogP contribution is 2.28. The summed E-state index contributed by atoms with van der Waals surface area (Å²) in [5, 5.41) is 0. The van der Waals surface area contributed by atoms with Gasteiger partial charge in [-0.05, 0) is 25.5 Å². The van der Waals surface area contributed by atoms with E-state index in [1.807, 2.05) is 26.0 Å². The highest BCUT2D eigenvalue weighted by Gasteiger charge is 2.26. The van der Waals surface area contributed by atoms with Crippen LogP contribution in [0.2, 0.25) is 0 Å². The lowest BCUT2D eigenvalue weighted by Crippen LogP contribution is -2.25. The Morgan fingerprint density at radius 2 is 2.22 bits per heavy atom. The second-order valence-corrected chi connectivity index (χ2v) is 4.00. The van der Waals surface area contributed by atoms with Crippen molar-refractivity contribution in [3.63, 3.8) is 0 Å². The van der Waals surface area contributed by atoms with Crippen LogP contribution < -0.4 is 4.74 Å². The number of cyclic esters (lactones) is 1. The lowest BCUT2D eigenvalue weighted by molar-refractivity contribution is -0.320. The molecule has 0 bridgehead atoms. The molecule has 0 fully saturated rings. The first kappa shape index (κ1) is 12.9. The molecule has 0 saturated heterocycles. The molecule has 5 nitrogen and oxygen atoms in total. The molecule has 1 heterocycles. The monoisotopic (exact) mass is 252 g/mol. The van der Waals surface area contributed by atoms with Crippen molar-refractivity contribution < 1.29 is 24.0 Å². The average molecular weight is 252 g/mol. The van der Waals surface area contributed by atoms with Crippen molar-refractivity contribution in [1.29, 1.82) is 0 Å². The van der Waals surface area contributed by atoms with Crippen LogP contribution >= 0.6 is 0 Å². The Kier molecular flexibility index (Phi) is 4.17.